The Kier molecular flexibility index (Phi) is 1.69. The van der Waals surface area contributed by atoms with Crippen molar-refractivity contribution in [2.75, 3.05) is 6.54 Å². The number of nitrogens with one attached hydrogen (secondary N) is 1. The largest absolute Gasteiger partial charge is 0.314 e. The maximum atomic E-state index is 3.58. The molecule has 0 aromatic carbocycles. The molecule has 10 heavy (non-hydrogen) atoms. The highest BCUT2D eigenvalue weighted by molar-refractivity contribution is 4.88. The summed E-state index contributed by atoms with van der Waals surface area (Å²) in [5, 5.41) is 3.58. The normalized spacial score (nSPS) is 47.1. The second-order valence-corrected chi connectivity index (χ2v) is 4.03. The maximum absolute atomic E-state index is 3.58. The van der Waals surface area contributed by atoms with E-state index in [1.54, 1.807) is 0 Å². The summed E-state index contributed by atoms with van der Waals surface area (Å²) >= 11 is 0. The van der Waals surface area contributed by atoms with Crippen LogP contribution in [0.3, 0.4) is 0 Å². The van der Waals surface area contributed by atoms with Gasteiger partial charge in [-0.15, -0.1) is 0 Å². The molecule has 0 bridgehead atoms. The highest BCUT2D eigenvalue weighted by Gasteiger charge is 2.31. The Hall–Kier alpha value is -0.0400. The van der Waals surface area contributed by atoms with Gasteiger partial charge in [0, 0.05) is 6.04 Å². The van der Waals surface area contributed by atoms with Crippen molar-refractivity contribution in [2.24, 2.45) is 11.8 Å². The second kappa shape index (κ2) is 2.54. The van der Waals surface area contributed by atoms with E-state index >= 15 is 0 Å². The molecule has 3 unspecified atom stereocenters. The molecule has 1 saturated heterocycles. The van der Waals surface area contributed by atoms with Crippen molar-refractivity contribution >= 4 is 0 Å². The molecule has 2 rings (SSSR count). The van der Waals surface area contributed by atoms with Crippen LogP contribution in [-0.4, -0.2) is 12.6 Å². The summed E-state index contributed by atoms with van der Waals surface area (Å²) in [6, 6.07) is 0.899. The highest BCUT2D eigenvalue weighted by Crippen LogP contribution is 2.33. The molecule has 1 aliphatic heterocycles. The number of rotatable bonds is 0. The summed E-state index contributed by atoms with van der Waals surface area (Å²) in [6.45, 7) is 3.68. The summed E-state index contributed by atoms with van der Waals surface area (Å²) in [6.07, 6.45) is 5.81. The molecule has 1 heterocycles. The van der Waals surface area contributed by atoms with E-state index < -0.39 is 0 Å². The first-order valence-corrected chi connectivity index (χ1v) is 4.59. The lowest BCUT2D eigenvalue weighted by molar-refractivity contribution is 0.259. The minimum atomic E-state index is 0.899. The van der Waals surface area contributed by atoms with Crippen molar-refractivity contribution < 1.29 is 0 Å². The molecular formula is C9H17N. The molecule has 1 nitrogen and oxygen atoms in total. The minimum Gasteiger partial charge on any atom is -0.314 e. The predicted molar refractivity (Wildman–Crippen MR) is 42.9 cm³/mol. The second-order valence-electron chi connectivity index (χ2n) is 4.03. The summed E-state index contributed by atoms with van der Waals surface area (Å²) in [5.41, 5.74) is 0. The van der Waals surface area contributed by atoms with E-state index in [-0.39, 0.29) is 0 Å². The van der Waals surface area contributed by atoms with Crippen molar-refractivity contribution in [1.29, 1.82) is 0 Å². The van der Waals surface area contributed by atoms with Gasteiger partial charge in [-0.05, 0) is 44.1 Å². The van der Waals surface area contributed by atoms with Crippen molar-refractivity contribution in [2.45, 2.75) is 38.6 Å². The van der Waals surface area contributed by atoms with E-state index in [1.807, 2.05) is 0 Å². The highest BCUT2D eigenvalue weighted by atomic mass is 15.0. The first-order chi connectivity index (χ1) is 4.86. The van der Waals surface area contributed by atoms with E-state index in [2.05, 4.69) is 12.2 Å². The third-order valence-corrected chi connectivity index (χ3v) is 3.17. The Morgan fingerprint density at radius 3 is 3.00 bits per heavy atom. The lowest BCUT2D eigenvalue weighted by atomic mass is 9.80. The van der Waals surface area contributed by atoms with E-state index in [0.717, 1.165) is 17.9 Å². The molecular weight excluding hydrogens is 122 g/mol. The lowest BCUT2D eigenvalue weighted by Gasteiger charge is -2.29. The van der Waals surface area contributed by atoms with Crippen molar-refractivity contribution in [3.63, 3.8) is 0 Å². The zero-order chi connectivity index (χ0) is 6.97. The summed E-state index contributed by atoms with van der Waals surface area (Å²) in [4.78, 5) is 0. The standard InChI is InChI=1S/C9H17N/c1-7-2-3-9-8(6-7)4-5-10-9/h7-10H,2-6H2,1H3. The Balaban J connectivity index is 1.96. The Morgan fingerprint density at radius 1 is 1.20 bits per heavy atom. The smallest absolute Gasteiger partial charge is 0.00960 e. The van der Waals surface area contributed by atoms with Crippen LogP contribution >= 0.6 is 0 Å². The molecule has 58 valence electrons. The van der Waals surface area contributed by atoms with Crippen molar-refractivity contribution in [3.8, 4) is 0 Å². The average molecular weight is 139 g/mol. The third-order valence-electron chi connectivity index (χ3n) is 3.17. The monoisotopic (exact) mass is 139 g/mol. The van der Waals surface area contributed by atoms with E-state index in [0.29, 0.717) is 0 Å². The Morgan fingerprint density at radius 2 is 2.10 bits per heavy atom. The van der Waals surface area contributed by atoms with Crippen LogP contribution in [0.4, 0.5) is 0 Å². The lowest BCUT2D eigenvalue weighted by Crippen LogP contribution is -2.31. The van der Waals surface area contributed by atoms with Gasteiger partial charge in [-0.1, -0.05) is 6.92 Å². The molecule has 0 aromatic rings. The van der Waals surface area contributed by atoms with Crippen LogP contribution in [0.25, 0.3) is 0 Å². The number of hydrogen-bond donors (Lipinski definition) is 1. The number of fused-ring (bicyclic) bond motifs is 1. The summed E-state index contributed by atoms with van der Waals surface area (Å²) in [7, 11) is 0. The molecule has 2 fully saturated rings. The topological polar surface area (TPSA) is 12.0 Å². The molecule has 0 radical (unpaired) electrons. The van der Waals surface area contributed by atoms with E-state index in [4.69, 9.17) is 0 Å². The van der Waals surface area contributed by atoms with E-state index in [9.17, 15) is 0 Å². The minimum absolute atomic E-state index is 0.899. The Labute approximate surface area is 63.2 Å². The van der Waals surface area contributed by atoms with Gasteiger partial charge in [0.25, 0.3) is 0 Å². The van der Waals surface area contributed by atoms with Gasteiger partial charge < -0.3 is 5.32 Å². The first-order valence-electron chi connectivity index (χ1n) is 4.59. The van der Waals surface area contributed by atoms with Crippen molar-refractivity contribution in [1.82, 2.24) is 5.32 Å². The maximum Gasteiger partial charge on any atom is 0.00960 e. The number of hydrogen-bond acceptors (Lipinski definition) is 1. The van der Waals surface area contributed by atoms with Crippen molar-refractivity contribution in [3.05, 3.63) is 0 Å². The van der Waals surface area contributed by atoms with Gasteiger partial charge in [-0.25, -0.2) is 0 Å². The van der Waals surface area contributed by atoms with Crippen LogP contribution in [0, 0.1) is 11.8 Å². The molecule has 1 aliphatic carbocycles. The third kappa shape index (κ3) is 1.07. The molecule has 1 heteroatoms. The van der Waals surface area contributed by atoms with E-state index in [1.165, 1.54) is 32.2 Å². The van der Waals surface area contributed by atoms with Gasteiger partial charge in [0.15, 0.2) is 0 Å². The zero-order valence-electron chi connectivity index (χ0n) is 6.77. The van der Waals surface area contributed by atoms with Gasteiger partial charge >= 0.3 is 0 Å². The van der Waals surface area contributed by atoms with Gasteiger partial charge in [0.05, 0.1) is 0 Å². The van der Waals surface area contributed by atoms with Crippen LogP contribution in [0.2, 0.25) is 0 Å². The average Bonchev–Trinajstić information content (AvgIpc) is 2.33. The molecule has 0 spiro atoms. The fraction of sp³-hybridized carbons (Fsp3) is 1.00. The molecule has 2 aliphatic rings. The molecule has 0 amide bonds. The zero-order valence-corrected chi connectivity index (χ0v) is 6.77. The van der Waals surface area contributed by atoms with Crippen LogP contribution < -0.4 is 5.32 Å². The van der Waals surface area contributed by atoms with Crippen LogP contribution in [0.1, 0.15) is 32.6 Å². The quantitative estimate of drug-likeness (QED) is 0.539. The molecule has 3 atom stereocenters. The Bertz CT molecular complexity index is 122. The molecule has 0 aromatic heterocycles. The first kappa shape index (κ1) is 6.66. The SMILES string of the molecule is CC1CCC2NCCC2C1. The van der Waals surface area contributed by atoms with Gasteiger partial charge in [0.2, 0.25) is 0 Å². The summed E-state index contributed by atoms with van der Waals surface area (Å²) in [5.74, 6) is 2.03. The van der Waals surface area contributed by atoms with Gasteiger partial charge in [0.1, 0.15) is 0 Å². The molecule has 1 saturated carbocycles. The van der Waals surface area contributed by atoms with Crippen LogP contribution in [-0.2, 0) is 0 Å². The van der Waals surface area contributed by atoms with Crippen LogP contribution in [0.15, 0.2) is 0 Å². The van der Waals surface area contributed by atoms with Gasteiger partial charge in [-0.2, -0.15) is 0 Å². The predicted octanol–water partition coefficient (Wildman–Crippen LogP) is 1.78. The fourth-order valence-corrected chi connectivity index (χ4v) is 2.54. The van der Waals surface area contributed by atoms with Crippen LogP contribution in [0.5, 0.6) is 0 Å². The van der Waals surface area contributed by atoms with Gasteiger partial charge in [-0.3, -0.25) is 0 Å². The summed E-state index contributed by atoms with van der Waals surface area (Å²) < 4.78 is 0. The fourth-order valence-electron chi connectivity index (χ4n) is 2.54. The molecule has 1 N–H and O–H groups in total.